The van der Waals surface area contributed by atoms with Gasteiger partial charge in [0.05, 0.1) is 11.6 Å². The fourth-order valence-corrected chi connectivity index (χ4v) is 3.01. The van der Waals surface area contributed by atoms with E-state index in [0.29, 0.717) is 6.54 Å². The van der Waals surface area contributed by atoms with Gasteiger partial charge in [-0.25, -0.2) is 0 Å². The van der Waals surface area contributed by atoms with Crippen LogP contribution in [-0.2, 0) is 4.79 Å². The van der Waals surface area contributed by atoms with Crippen molar-refractivity contribution in [2.75, 3.05) is 13.1 Å². The number of carbonyl (C=O) groups is 1. The first kappa shape index (κ1) is 13.8. The van der Waals surface area contributed by atoms with Gasteiger partial charge in [-0.1, -0.05) is 32.1 Å². The maximum absolute atomic E-state index is 12.0. The summed E-state index contributed by atoms with van der Waals surface area (Å²) in [6.07, 6.45) is 9.42. The van der Waals surface area contributed by atoms with Crippen LogP contribution in [0.4, 0.5) is 0 Å². The van der Waals surface area contributed by atoms with E-state index < -0.39 is 5.60 Å². The second kappa shape index (κ2) is 6.53. The number of rotatable bonds is 3. The molecule has 2 rings (SSSR count). The van der Waals surface area contributed by atoms with Crippen LogP contribution in [0.1, 0.15) is 57.8 Å². The number of piperidine rings is 1. The summed E-state index contributed by atoms with van der Waals surface area (Å²) in [5, 5.41) is 16.6. The van der Waals surface area contributed by atoms with Crippen LogP contribution in [0, 0.1) is 0 Å². The molecular formula is C14H26N2O2. The molecule has 1 atom stereocenters. The Hall–Kier alpha value is -0.610. The van der Waals surface area contributed by atoms with Gasteiger partial charge in [-0.3, -0.25) is 4.79 Å². The van der Waals surface area contributed by atoms with Crippen molar-refractivity contribution in [2.24, 2.45) is 0 Å². The molecule has 3 N–H and O–H groups in total. The quantitative estimate of drug-likeness (QED) is 0.666. The number of hydrogen-bond donors (Lipinski definition) is 3. The van der Waals surface area contributed by atoms with E-state index in [1.54, 1.807) is 0 Å². The first-order valence-electron chi connectivity index (χ1n) is 7.43. The summed E-state index contributed by atoms with van der Waals surface area (Å²) in [7, 11) is 0. The largest absolute Gasteiger partial charge is 0.388 e. The van der Waals surface area contributed by atoms with E-state index in [4.69, 9.17) is 0 Å². The Morgan fingerprint density at radius 2 is 1.89 bits per heavy atom. The van der Waals surface area contributed by atoms with E-state index in [1.807, 2.05) is 0 Å². The van der Waals surface area contributed by atoms with Crippen LogP contribution in [0.15, 0.2) is 0 Å². The molecule has 0 aromatic carbocycles. The molecule has 0 radical (unpaired) electrons. The van der Waals surface area contributed by atoms with Gasteiger partial charge < -0.3 is 15.7 Å². The van der Waals surface area contributed by atoms with Gasteiger partial charge in [0.15, 0.2) is 0 Å². The Bertz CT molecular complexity index is 267. The highest BCUT2D eigenvalue weighted by Gasteiger charge is 2.29. The van der Waals surface area contributed by atoms with Gasteiger partial charge in [-0.15, -0.1) is 0 Å². The number of aliphatic hydroxyl groups is 1. The van der Waals surface area contributed by atoms with Gasteiger partial charge in [0, 0.05) is 6.54 Å². The smallest absolute Gasteiger partial charge is 0.237 e. The van der Waals surface area contributed by atoms with Crippen molar-refractivity contribution in [3.05, 3.63) is 0 Å². The van der Waals surface area contributed by atoms with Crippen LogP contribution in [-0.4, -0.2) is 35.7 Å². The summed E-state index contributed by atoms with van der Waals surface area (Å²) in [5.41, 5.74) is -0.666. The third-order valence-corrected chi connectivity index (χ3v) is 4.25. The lowest BCUT2D eigenvalue weighted by atomic mass is 9.94. The molecule has 104 valence electrons. The van der Waals surface area contributed by atoms with Crippen molar-refractivity contribution in [1.82, 2.24) is 10.6 Å². The predicted octanol–water partition coefficient (Wildman–Crippen LogP) is 1.33. The van der Waals surface area contributed by atoms with Crippen LogP contribution in [0.3, 0.4) is 0 Å². The molecule has 1 heterocycles. The molecular weight excluding hydrogens is 228 g/mol. The second-order valence-corrected chi connectivity index (χ2v) is 5.86. The molecule has 1 amide bonds. The van der Waals surface area contributed by atoms with Crippen LogP contribution in [0.2, 0.25) is 0 Å². The maximum Gasteiger partial charge on any atom is 0.237 e. The summed E-state index contributed by atoms with van der Waals surface area (Å²) >= 11 is 0. The van der Waals surface area contributed by atoms with Gasteiger partial charge in [0.1, 0.15) is 0 Å². The Morgan fingerprint density at radius 3 is 2.50 bits per heavy atom. The molecule has 1 saturated heterocycles. The van der Waals surface area contributed by atoms with Crippen molar-refractivity contribution >= 4 is 5.91 Å². The van der Waals surface area contributed by atoms with Gasteiger partial charge in [0.2, 0.25) is 5.91 Å². The molecule has 1 aliphatic heterocycles. The third-order valence-electron chi connectivity index (χ3n) is 4.25. The standard InChI is InChI=1S/C14H26N2O2/c17-13(12-7-3-6-10-15-12)16-11-14(18)8-4-1-2-5-9-14/h12,15,18H,1-11H2,(H,16,17)/t12-/m0/s1. The van der Waals surface area contributed by atoms with Crippen molar-refractivity contribution in [3.63, 3.8) is 0 Å². The topological polar surface area (TPSA) is 61.4 Å². The molecule has 18 heavy (non-hydrogen) atoms. The summed E-state index contributed by atoms with van der Waals surface area (Å²) in [5.74, 6) is 0.0624. The summed E-state index contributed by atoms with van der Waals surface area (Å²) < 4.78 is 0. The van der Waals surface area contributed by atoms with E-state index in [-0.39, 0.29) is 11.9 Å². The summed E-state index contributed by atoms with van der Waals surface area (Å²) in [6.45, 7) is 1.35. The van der Waals surface area contributed by atoms with Gasteiger partial charge in [-0.05, 0) is 32.2 Å². The maximum atomic E-state index is 12.0. The van der Waals surface area contributed by atoms with E-state index in [1.165, 1.54) is 12.8 Å². The van der Waals surface area contributed by atoms with Crippen molar-refractivity contribution in [2.45, 2.75) is 69.4 Å². The molecule has 2 fully saturated rings. The molecule has 4 nitrogen and oxygen atoms in total. The second-order valence-electron chi connectivity index (χ2n) is 5.86. The zero-order valence-electron chi connectivity index (χ0n) is 11.2. The normalized spacial score (nSPS) is 28.4. The average Bonchev–Trinajstić information content (AvgIpc) is 2.62. The molecule has 1 aliphatic carbocycles. The highest BCUT2D eigenvalue weighted by Crippen LogP contribution is 2.26. The van der Waals surface area contributed by atoms with Crippen LogP contribution < -0.4 is 10.6 Å². The van der Waals surface area contributed by atoms with Gasteiger partial charge in [-0.2, -0.15) is 0 Å². The zero-order valence-corrected chi connectivity index (χ0v) is 11.2. The van der Waals surface area contributed by atoms with Crippen LogP contribution >= 0.6 is 0 Å². The minimum Gasteiger partial charge on any atom is -0.388 e. The summed E-state index contributed by atoms with van der Waals surface area (Å²) in [4.78, 5) is 12.0. The predicted molar refractivity (Wildman–Crippen MR) is 71.3 cm³/mol. The van der Waals surface area contributed by atoms with Crippen molar-refractivity contribution in [3.8, 4) is 0 Å². The van der Waals surface area contributed by atoms with E-state index in [2.05, 4.69) is 10.6 Å². The number of hydrogen-bond acceptors (Lipinski definition) is 3. The van der Waals surface area contributed by atoms with Gasteiger partial charge in [0.25, 0.3) is 0 Å². The molecule has 4 heteroatoms. The van der Waals surface area contributed by atoms with E-state index in [0.717, 1.165) is 51.5 Å². The van der Waals surface area contributed by atoms with Gasteiger partial charge >= 0.3 is 0 Å². The summed E-state index contributed by atoms with van der Waals surface area (Å²) in [6, 6.07) is -0.0480. The highest BCUT2D eigenvalue weighted by atomic mass is 16.3. The molecule has 0 unspecified atom stereocenters. The van der Waals surface area contributed by atoms with E-state index in [9.17, 15) is 9.90 Å². The molecule has 0 bridgehead atoms. The SMILES string of the molecule is O=C(NCC1(O)CCCCCC1)[C@@H]1CCCCN1. The fraction of sp³-hybridized carbons (Fsp3) is 0.929. The number of nitrogens with one attached hydrogen (secondary N) is 2. The van der Waals surface area contributed by atoms with E-state index >= 15 is 0 Å². The Morgan fingerprint density at radius 1 is 1.17 bits per heavy atom. The molecule has 0 aromatic heterocycles. The minimum atomic E-state index is -0.666. The Kier molecular flexibility index (Phi) is 5.01. The lowest BCUT2D eigenvalue weighted by Crippen LogP contribution is -2.51. The lowest BCUT2D eigenvalue weighted by molar-refractivity contribution is -0.125. The molecule has 0 spiro atoms. The first-order valence-corrected chi connectivity index (χ1v) is 7.43. The zero-order chi connectivity index (χ0) is 12.8. The van der Waals surface area contributed by atoms with Crippen LogP contribution in [0.25, 0.3) is 0 Å². The molecule has 2 aliphatic rings. The number of amides is 1. The minimum absolute atomic E-state index is 0.0480. The average molecular weight is 254 g/mol. The van der Waals surface area contributed by atoms with Crippen LogP contribution in [0.5, 0.6) is 0 Å². The van der Waals surface area contributed by atoms with Crippen molar-refractivity contribution in [1.29, 1.82) is 0 Å². The first-order chi connectivity index (χ1) is 8.70. The highest BCUT2D eigenvalue weighted by molar-refractivity contribution is 5.81. The van der Waals surface area contributed by atoms with Crippen molar-refractivity contribution < 1.29 is 9.90 Å². The lowest BCUT2D eigenvalue weighted by Gasteiger charge is -2.29. The Labute approximate surface area is 110 Å². The molecule has 1 saturated carbocycles. The number of carbonyl (C=O) groups excluding carboxylic acids is 1. The molecule has 0 aromatic rings. The fourth-order valence-electron chi connectivity index (χ4n) is 3.01. The monoisotopic (exact) mass is 254 g/mol. The Balaban J connectivity index is 1.76. The third kappa shape index (κ3) is 3.95.